The lowest BCUT2D eigenvalue weighted by Crippen LogP contribution is -2.64. The summed E-state index contributed by atoms with van der Waals surface area (Å²) >= 11 is 0. The molecule has 5 aliphatic carbocycles. The normalized spacial score (nSPS) is 40.4. The average Bonchev–Trinajstić information content (AvgIpc) is 3.54. The number of hydrogen-bond donors (Lipinski definition) is 4. The van der Waals surface area contributed by atoms with E-state index < -0.39 is 0 Å². The van der Waals surface area contributed by atoms with E-state index in [0.717, 1.165) is 63.4 Å². The van der Waals surface area contributed by atoms with E-state index in [4.69, 9.17) is 4.74 Å². The summed E-state index contributed by atoms with van der Waals surface area (Å²) in [5, 5.41) is 21.0. The number of fused-ring (bicyclic) bond motifs is 7. The molecule has 5 saturated carbocycles. The topological polar surface area (TPSA) is 117 Å². The number of aliphatic hydroxyl groups is 1. The monoisotopic (exact) mass is 758 g/mol. The van der Waals surface area contributed by atoms with Crippen LogP contribution < -0.4 is 16.0 Å². The van der Waals surface area contributed by atoms with Crippen LogP contribution in [-0.4, -0.2) is 61.8 Å². The maximum absolute atomic E-state index is 14.6. The summed E-state index contributed by atoms with van der Waals surface area (Å²) in [6.45, 7) is 18.1. The van der Waals surface area contributed by atoms with Crippen LogP contribution in [0.5, 0.6) is 0 Å². The van der Waals surface area contributed by atoms with E-state index in [0.29, 0.717) is 67.1 Å². The smallest absolute Gasteiger partial charge is 0.309 e. The van der Waals surface area contributed by atoms with Crippen LogP contribution in [0.3, 0.4) is 0 Å². The second-order valence-electron chi connectivity index (χ2n) is 20.4. The van der Waals surface area contributed by atoms with Crippen molar-refractivity contribution in [2.45, 2.75) is 137 Å². The first-order valence-corrected chi connectivity index (χ1v) is 21.9. The van der Waals surface area contributed by atoms with E-state index in [1.54, 1.807) is 0 Å². The summed E-state index contributed by atoms with van der Waals surface area (Å²) in [5.41, 5.74) is 3.11. The Morgan fingerprint density at radius 3 is 2.40 bits per heavy atom. The molecule has 1 saturated heterocycles. The fourth-order valence-corrected chi connectivity index (χ4v) is 14.6. The molecule has 0 aromatic heterocycles. The molecule has 1 aliphatic heterocycles. The summed E-state index contributed by atoms with van der Waals surface area (Å²) in [5.74, 6) is 3.22. The van der Waals surface area contributed by atoms with Crippen molar-refractivity contribution in [3.8, 4) is 0 Å². The van der Waals surface area contributed by atoms with Gasteiger partial charge in [-0.25, -0.2) is 0 Å². The minimum Gasteiger partial charge on any atom is -0.469 e. The van der Waals surface area contributed by atoms with Gasteiger partial charge < -0.3 is 25.8 Å². The van der Waals surface area contributed by atoms with Gasteiger partial charge in [0.25, 0.3) is 5.91 Å². The maximum Gasteiger partial charge on any atom is 0.309 e. The molecule has 4 N–H and O–H groups in total. The van der Waals surface area contributed by atoms with Gasteiger partial charge in [-0.3, -0.25) is 14.4 Å². The van der Waals surface area contributed by atoms with Gasteiger partial charge in [0.05, 0.1) is 24.5 Å². The van der Waals surface area contributed by atoms with Crippen molar-refractivity contribution in [1.82, 2.24) is 16.0 Å². The zero-order valence-electron chi connectivity index (χ0n) is 34.8. The second-order valence-corrected chi connectivity index (χ2v) is 20.4. The van der Waals surface area contributed by atoms with Crippen LogP contribution in [0, 0.1) is 63.1 Å². The van der Waals surface area contributed by atoms with Crippen LogP contribution in [0.2, 0.25) is 0 Å². The third-order valence-electron chi connectivity index (χ3n) is 17.2. The molecule has 2 amide bonds. The molecule has 12 atom stereocenters. The number of carbonyl (C=O) groups is 3. The molecular formula is C47H71N3O5. The maximum atomic E-state index is 14.6. The predicted molar refractivity (Wildman–Crippen MR) is 217 cm³/mol. The zero-order valence-corrected chi connectivity index (χ0v) is 34.8. The van der Waals surface area contributed by atoms with Gasteiger partial charge in [-0.05, 0) is 166 Å². The van der Waals surface area contributed by atoms with Gasteiger partial charge >= 0.3 is 5.97 Å². The van der Waals surface area contributed by atoms with Crippen molar-refractivity contribution < 1.29 is 24.2 Å². The van der Waals surface area contributed by atoms with Gasteiger partial charge in [-0.1, -0.05) is 45.4 Å². The Hall–Kier alpha value is -2.71. The first-order valence-electron chi connectivity index (χ1n) is 21.9. The Labute approximate surface area is 331 Å². The molecule has 6 fully saturated rings. The number of esters is 1. The molecule has 1 aromatic rings. The van der Waals surface area contributed by atoms with Crippen LogP contribution in [0.1, 0.15) is 134 Å². The molecule has 0 radical (unpaired) electrons. The van der Waals surface area contributed by atoms with Gasteiger partial charge in [0.1, 0.15) is 0 Å². The molecule has 304 valence electrons. The first kappa shape index (κ1) is 40.5. The SMILES string of the molecule is C=C(C)CC1CCC2(C(=O)NCCc3cccc(C(=O)NCC4CCC(C(=O)OC)CN4)c3)CCC3C(CCC4C3(C)CCC3C(C)(C)C(O)CCC34C)C12. The Kier molecular flexibility index (Phi) is 11.5. The third kappa shape index (κ3) is 7.23. The summed E-state index contributed by atoms with van der Waals surface area (Å²) in [6, 6.07) is 7.91. The number of methoxy groups -OCH3 is 1. The first-order chi connectivity index (χ1) is 26.1. The number of rotatable bonds is 10. The number of piperidine rings is 1. The molecule has 7 rings (SSSR count). The van der Waals surface area contributed by atoms with E-state index in [-0.39, 0.29) is 57.5 Å². The highest BCUT2D eigenvalue weighted by Crippen LogP contribution is 2.73. The van der Waals surface area contributed by atoms with E-state index >= 15 is 0 Å². The van der Waals surface area contributed by atoms with Crippen LogP contribution >= 0.6 is 0 Å². The molecular weight excluding hydrogens is 687 g/mol. The molecule has 8 heteroatoms. The fraction of sp³-hybridized carbons (Fsp3) is 0.766. The number of hydrogen-bond acceptors (Lipinski definition) is 6. The number of nitrogens with one attached hydrogen (secondary N) is 3. The number of benzene rings is 1. The van der Waals surface area contributed by atoms with Crippen LogP contribution in [0.4, 0.5) is 0 Å². The molecule has 0 spiro atoms. The molecule has 1 heterocycles. The highest BCUT2D eigenvalue weighted by molar-refractivity contribution is 5.94. The van der Waals surface area contributed by atoms with Gasteiger partial charge in [0.2, 0.25) is 5.91 Å². The van der Waals surface area contributed by atoms with E-state index in [1.165, 1.54) is 38.4 Å². The van der Waals surface area contributed by atoms with Crippen molar-refractivity contribution in [1.29, 1.82) is 0 Å². The van der Waals surface area contributed by atoms with Crippen molar-refractivity contribution in [3.05, 3.63) is 47.5 Å². The Bertz CT molecular complexity index is 1620. The van der Waals surface area contributed by atoms with Gasteiger partial charge in [0.15, 0.2) is 0 Å². The minimum atomic E-state index is -0.311. The van der Waals surface area contributed by atoms with Gasteiger partial charge in [-0.15, -0.1) is 6.58 Å². The van der Waals surface area contributed by atoms with E-state index in [1.807, 2.05) is 24.3 Å². The molecule has 55 heavy (non-hydrogen) atoms. The van der Waals surface area contributed by atoms with Crippen LogP contribution in [0.25, 0.3) is 0 Å². The van der Waals surface area contributed by atoms with Crippen molar-refractivity contribution in [2.75, 3.05) is 26.7 Å². The molecule has 12 unspecified atom stereocenters. The lowest BCUT2D eigenvalue weighted by molar-refractivity contribution is -0.216. The predicted octanol–water partition coefficient (Wildman–Crippen LogP) is 7.63. The number of allylic oxidation sites excluding steroid dienone is 1. The second kappa shape index (κ2) is 15.6. The van der Waals surface area contributed by atoms with Crippen molar-refractivity contribution in [3.63, 3.8) is 0 Å². The lowest BCUT2D eigenvalue weighted by atomic mass is 9.36. The fourth-order valence-electron chi connectivity index (χ4n) is 14.6. The summed E-state index contributed by atoms with van der Waals surface area (Å²) in [4.78, 5) is 39.6. The molecule has 6 aliphatic rings. The molecule has 8 nitrogen and oxygen atoms in total. The van der Waals surface area contributed by atoms with E-state index in [2.05, 4.69) is 57.1 Å². The Morgan fingerprint density at radius 2 is 1.67 bits per heavy atom. The largest absolute Gasteiger partial charge is 0.469 e. The molecule has 1 aromatic carbocycles. The number of amides is 2. The molecule has 0 bridgehead atoms. The van der Waals surface area contributed by atoms with Gasteiger partial charge in [-0.2, -0.15) is 0 Å². The van der Waals surface area contributed by atoms with E-state index in [9.17, 15) is 19.5 Å². The van der Waals surface area contributed by atoms with Crippen molar-refractivity contribution >= 4 is 17.8 Å². The Balaban J connectivity index is 0.995. The average molecular weight is 758 g/mol. The van der Waals surface area contributed by atoms with Crippen molar-refractivity contribution in [2.24, 2.45) is 63.1 Å². The summed E-state index contributed by atoms with van der Waals surface area (Å²) in [7, 11) is 1.42. The van der Waals surface area contributed by atoms with Gasteiger partial charge in [0, 0.05) is 31.2 Å². The summed E-state index contributed by atoms with van der Waals surface area (Å²) in [6.07, 6.45) is 14.3. The lowest BCUT2D eigenvalue weighted by Gasteiger charge is -2.69. The van der Waals surface area contributed by atoms with Crippen LogP contribution in [0.15, 0.2) is 36.4 Å². The number of carbonyl (C=O) groups excluding carboxylic acids is 3. The quantitative estimate of drug-likeness (QED) is 0.144. The highest BCUT2D eigenvalue weighted by Gasteiger charge is 2.68. The number of ether oxygens (including phenoxy) is 1. The third-order valence-corrected chi connectivity index (χ3v) is 17.2. The standard InChI is InChI=1S/C47H71N3O5/c1-29(2)25-31-15-22-47(23-16-36-35(40(31)47)13-14-38-45(36,5)20-17-37-44(3,4)39(51)18-21-46(37,38)6)43(54)48-24-19-30-9-8-10-32(26-30)41(52)50-28-34-12-11-33(27-49-34)42(53)55-7/h8-10,26,31,33-40,49,51H,1,11-25,27-28H2,2-7H3,(H,48,54)(H,50,52). The van der Waals surface area contributed by atoms with Crippen LogP contribution in [-0.2, 0) is 20.7 Å². The minimum absolute atomic E-state index is 0.0391. The zero-order chi connectivity index (χ0) is 39.3. The summed E-state index contributed by atoms with van der Waals surface area (Å²) < 4.78 is 4.88. The number of aliphatic hydroxyl groups excluding tert-OH is 1. The highest BCUT2D eigenvalue weighted by atomic mass is 16.5. The Morgan fingerprint density at radius 1 is 0.909 bits per heavy atom.